The number of benzene rings is 2. The van der Waals surface area contributed by atoms with E-state index in [4.69, 9.17) is 9.47 Å². The maximum absolute atomic E-state index is 6.08. The van der Waals surface area contributed by atoms with Crippen LogP contribution < -0.4 is 9.47 Å². The fourth-order valence-corrected chi connectivity index (χ4v) is 2.50. The zero-order chi connectivity index (χ0) is 13.6. The molecule has 0 aliphatic heterocycles. The van der Waals surface area contributed by atoms with Crippen molar-refractivity contribution in [3.05, 3.63) is 66.8 Å². The van der Waals surface area contributed by atoms with Crippen LogP contribution in [0.5, 0.6) is 11.5 Å². The van der Waals surface area contributed by atoms with Crippen molar-refractivity contribution in [2.45, 2.75) is 31.8 Å². The molecule has 1 aliphatic rings. The van der Waals surface area contributed by atoms with Gasteiger partial charge in [-0.2, -0.15) is 0 Å². The minimum Gasteiger partial charge on any atom is -0.486 e. The van der Waals surface area contributed by atoms with Gasteiger partial charge in [-0.1, -0.05) is 36.4 Å². The molecule has 2 nitrogen and oxygen atoms in total. The normalized spacial score (nSPS) is 19.5. The minimum atomic E-state index is 0.0614. The predicted octanol–water partition coefficient (Wildman–Crippen LogP) is 4.62. The monoisotopic (exact) mass is 267 g/mol. The summed E-state index contributed by atoms with van der Waals surface area (Å²) < 4.78 is 12.1. The molecule has 2 aromatic rings. The Morgan fingerprint density at radius 1 is 0.750 bits per heavy atom. The van der Waals surface area contributed by atoms with E-state index in [1.165, 1.54) is 12.8 Å². The summed E-state index contributed by atoms with van der Waals surface area (Å²) in [5.41, 5.74) is 0. The van der Waals surface area contributed by atoms with Crippen molar-refractivity contribution < 1.29 is 9.47 Å². The fourth-order valence-electron chi connectivity index (χ4n) is 2.50. The first-order valence-electron chi connectivity index (χ1n) is 7.22. The molecule has 0 N–H and O–H groups in total. The van der Waals surface area contributed by atoms with Crippen LogP contribution in [0, 0.1) is 6.10 Å². The molecular formula is C18H19O2. The van der Waals surface area contributed by atoms with E-state index < -0.39 is 0 Å². The molecule has 1 unspecified atom stereocenters. The van der Waals surface area contributed by atoms with Gasteiger partial charge >= 0.3 is 0 Å². The second-order valence-electron chi connectivity index (χ2n) is 5.05. The summed E-state index contributed by atoms with van der Waals surface area (Å²) >= 11 is 0. The number of ether oxygens (including phenoxy) is 2. The van der Waals surface area contributed by atoms with Crippen molar-refractivity contribution in [2.24, 2.45) is 0 Å². The maximum Gasteiger partial charge on any atom is 0.188 e. The lowest BCUT2D eigenvalue weighted by Gasteiger charge is -2.30. The fraction of sp³-hybridized carbons (Fsp3) is 0.278. The van der Waals surface area contributed by atoms with Gasteiger partial charge in [-0.25, -0.2) is 0 Å². The Morgan fingerprint density at radius 2 is 1.40 bits per heavy atom. The van der Waals surface area contributed by atoms with Gasteiger partial charge in [0.25, 0.3) is 0 Å². The predicted molar refractivity (Wildman–Crippen MR) is 79.6 cm³/mol. The lowest BCUT2D eigenvalue weighted by Crippen LogP contribution is -2.32. The number of para-hydroxylation sites is 2. The van der Waals surface area contributed by atoms with E-state index >= 15 is 0 Å². The first kappa shape index (κ1) is 13.0. The molecule has 3 rings (SSSR count). The topological polar surface area (TPSA) is 18.5 Å². The van der Waals surface area contributed by atoms with E-state index in [1.807, 2.05) is 60.7 Å². The highest BCUT2D eigenvalue weighted by atomic mass is 16.5. The highest BCUT2D eigenvalue weighted by Gasteiger charge is 2.30. The van der Waals surface area contributed by atoms with Crippen LogP contribution in [0.25, 0.3) is 0 Å². The van der Waals surface area contributed by atoms with Gasteiger partial charge in [-0.15, -0.1) is 0 Å². The zero-order valence-corrected chi connectivity index (χ0v) is 11.5. The second kappa shape index (κ2) is 6.47. The molecular weight excluding hydrogens is 248 g/mol. The smallest absolute Gasteiger partial charge is 0.188 e. The van der Waals surface area contributed by atoms with E-state index in [0.29, 0.717) is 0 Å². The Labute approximate surface area is 120 Å². The third kappa shape index (κ3) is 3.32. The molecule has 1 saturated carbocycles. The van der Waals surface area contributed by atoms with E-state index in [9.17, 15) is 0 Å². The molecule has 2 heteroatoms. The largest absolute Gasteiger partial charge is 0.486 e. The maximum atomic E-state index is 6.08. The van der Waals surface area contributed by atoms with Gasteiger partial charge in [0.1, 0.15) is 17.6 Å². The third-order valence-electron chi connectivity index (χ3n) is 3.51. The average Bonchev–Trinajstić information content (AvgIpc) is 2.51. The summed E-state index contributed by atoms with van der Waals surface area (Å²) in [6.07, 6.45) is 5.48. The molecule has 20 heavy (non-hydrogen) atoms. The summed E-state index contributed by atoms with van der Waals surface area (Å²) in [7, 11) is 0. The Balaban J connectivity index is 1.68. The number of hydrogen-bond donors (Lipinski definition) is 0. The first-order valence-corrected chi connectivity index (χ1v) is 7.22. The van der Waals surface area contributed by atoms with E-state index in [0.717, 1.165) is 30.4 Å². The molecule has 1 aliphatic carbocycles. The van der Waals surface area contributed by atoms with E-state index in [2.05, 4.69) is 0 Å². The minimum absolute atomic E-state index is 0.0614. The van der Waals surface area contributed by atoms with Crippen molar-refractivity contribution in [3.63, 3.8) is 0 Å². The molecule has 1 atom stereocenters. The van der Waals surface area contributed by atoms with Gasteiger partial charge < -0.3 is 9.47 Å². The summed E-state index contributed by atoms with van der Waals surface area (Å²) in [5, 5.41) is 0. The van der Waals surface area contributed by atoms with Gasteiger partial charge in [0, 0.05) is 0 Å². The highest BCUT2D eigenvalue weighted by molar-refractivity contribution is 5.25. The van der Waals surface area contributed by atoms with Crippen LogP contribution in [0.3, 0.4) is 0 Å². The summed E-state index contributed by atoms with van der Waals surface area (Å²) in [5.74, 6) is 1.81. The average molecular weight is 267 g/mol. The molecule has 103 valence electrons. The lowest BCUT2D eigenvalue weighted by atomic mass is 9.94. The molecule has 1 fully saturated rings. The first-order chi connectivity index (χ1) is 9.92. The van der Waals surface area contributed by atoms with Crippen LogP contribution >= 0.6 is 0 Å². The summed E-state index contributed by atoms with van der Waals surface area (Å²) in [6.45, 7) is 0. The molecule has 2 aromatic carbocycles. The Hall–Kier alpha value is -1.96. The van der Waals surface area contributed by atoms with Crippen LogP contribution in [-0.2, 0) is 0 Å². The van der Waals surface area contributed by atoms with Gasteiger partial charge in [-0.3, -0.25) is 0 Å². The molecule has 0 amide bonds. The third-order valence-corrected chi connectivity index (χ3v) is 3.51. The van der Waals surface area contributed by atoms with Crippen LogP contribution in [0.4, 0.5) is 0 Å². The Morgan fingerprint density at radius 3 is 2.10 bits per heavy atom. The SMILES string of the molecule is c1ccc(O[C]2CCCCC2Oc2ccccc2)cc1. The molecule has 0 aromatic heterocycles. The Kier molecular flexibility index (Phi) is 4.22. The molecule has 0 heterocycles. The van der Waals surface area contributed by atoms with Crippen LogP contribution in [-0.4, -0.2) is 6.10 Å². The zero-order valence-electron chi connectivity index (χ0n) is 11.5. The number of rotatable bonds is 4. The van der Waals surface area contributed by atoms with Crippen molar-refractivity contribution in [2.75, 3.05) is 0 Å². The van der Waals surface area contributed by atoms with Crippen molar-refractivity contribution in [3.8, 4) is 11.5 Å². The van der Waals surface area contributed by atoms with Crippen molar-refractivity contribution in [1.29, 1.82) is 0 Å². The van der Waals surface area contributed by atoms with Crippen LogP contribution in [0.1, 0.15) is 25.7 Å². The van der Waals surface area contributed by atoms with E-state index in [1.54, 1.807) is 0 Å². The van der Waals surface area contributed by atoms with E-state index in [-0.39, 0.29) is 6.10 Å². The molecule has 1 radical (unpaired) electrons. The van der Waals surface area contributed by atoms with Gasteiger partial charge in [-0.05, 0) is 49.9 Å². The quantitative estimate of drug-likeness (QED) is 0.804. The second-order valence-corrected chi connectivity index (χ2v) is 5.05. The van der Waals surface area contributed by atoms with Gasteiger partial charge in [0.2, 0.25) is 0 Å². The van der Waals surface area contributed by atoms with Crippen molar-refractivity contribution >= 4 is 0 Å². The molecule has 0 spiro atoms. The van der Waals surface area contributed by atoms with Gasteiger partial charge in [0.05, 0.1) is 0 Å². The number of hydrogen-bond acceptors (Lipinski definition) is 2. The highest BCUT2D eigenvalue weighted by Crippen LogP contribution is 2.32. The van der Waals surface area contributed by atoms with Crippen molar-refractivity contribution in [1.82, 2.24) is 0 Å². The van der Waals surface area contributed by atoms with Gasteiger partial charge in [0.15, 0.2) is 6.10 Å². The molecule has 0 saturated heterocycles. The summed E-state index contributed by atoms with van der Waals surface area (Å²) in [4.78, 5) is 0. The standard InChI is InChI=1S/C18H19O2/c1-3-9-15(10-4-1)19-17-13-7-8-14-18(17)20-16-11-5-2-6-12-16/h1-6,9-12,17H,7-8,13-14H2. The Bertz CT molecular complexity index is 460. The van der Waals surface area contributed by atoms with Crippen LogP contribution in [0.2, 0.25) is 0 Å². The summed E-state index contributed by atoms with van der Waals surface area (Å²) in [6, 6.07) is 19.9. The lowest BCUT2D eigenvalue weighted by molar-refractivity contribution is 0.0958. The van der Waals surface area contributed by atoms with Crippen LogP contribution in [0.15, 0.2) is 60.7 Å². The molecule has 0 bridgehead atoms.